The van der Waals surface area contributed by atoms with Crippen LogP contribution in [0.5, 0.6) is 5.75 Å². The molecule has 198 valence electrons. The first-order chi connectivity index (χ1) is 17.4. The highest BCUT2D eigenvalue weighted by Crippen LogP contribution is 2.31. The lowest BCUT2D eigenvalue weighted by Gasteiger charge is -2.38. The number of likely N-dealkylation sites (N-methyl/N-ethyl adjacent to an activating group) is 1. The van der Waals surface area contributed by atoms with E-state index < -0.39 is 6.10 Å². The molecule has 2 fully saturated rings. The van der Waals surface area contributed by atoms with E-state index in [9.17, 15) is 5.11 Å². The van der Waals surface area contributed by atoms with Crippen molar-refractivity contribution in [2.24, 2.45) is 0 Å². The van der Waals surface area contributed by atoms with Gasteiger partial charge in [-0.05, 0) is 52.8 Å². The van der Waals surface area contributed by atoms with Crippen LogP contribution >= 0.6 is 0 Å². The zero-order valence-corrected chi connectivity index (χ0v) is 22.2. The lowest BCUT2D eigenvalue weighted by atomic mass is 10.1. The molecule has 1 unspecified atom stereocenters. The summed E-state index contributed by atoms with van der Waals surface area (Å²) in [4.78, 5) is 15.0. The monoisotopic (exact) mass is 498 g/mol. The molecule has 36 heavy (non-hydrogen) atoms. The number of hydrogen-bond donors (Lipinski definition) is 3. The fraction of sp³-hybridized carbons (Fsp3) is 0.630. The first kappa shape index (κ1) is 26.6. The Labute approximate surface area is 215 Å². The van der Waals surface area contributed by atoms with Crippen molar-refractivity contribution in [1.82, 2.24) is 20.2 Å². The number of aliphatic hydroxyl groups excluding tert-OH is 1. The van der Waals surface area contributed by atoms with E-state index in [4.69, 9.17) is 19.4 Å². The summed E-state index contributed by atoms with van der Waals surface area (Å²) in [6.07, 6.45) is 1.37. The van der Waals surface area contributed by atoms with Gasteiger partial charge in [0.25, 0.3) is 0 Å². The molecule has 0 aliphatic carbocycles. The Hall–Kier alpha value is -2.46. The molecule has 4 rings (SSSR count). The summed E-state index contributed by atoms with van der Waals surface area (Å²) >= 11 is 0. The van der Waals surface area contributed by atoms with Gasteiger partial charge in [-0.1, -0.05) is 12.1 Å². The SMILES string of the molecule is CNCC(O)COc1cccc(-c2nc(NC3CCOCC3)c(C)c(N3CCN(C(C)C)CC3)n2)c1. The number of aliphatic hydroxyl groups is 1. The van der Waals surface area contributed by atoms with Crippen LogP contribution in [0.25, 0.3) is 11.4 Å². The van der Waals surface area contributed by atoms with Gasteiger partial charge in [0.05, 0.1) is 0 Å². The average Bonchev–Trinajstić information content (AvgIpc) is 2.90. The highest BCUT2D eigenvalue weighted by atomic mass is 16.5. The van der Waals surface area contributed by atoms with Gasteiger partial charge >= 0.3 is 0 Å². The summed E-state index contributed by atoms with van der Waals surface area (Å²) in [6.45, 7) is 12.8. The van der Waals surface area contributed by atoms with Crippen LogP contribution in [-0.2, 0) is 4.74 Å². The number of nitrogens with one attached hydrogen (secondary N) is 2. The molecule has 2 aromatic rings. The van der Waals surface area contributed by atoms with Crippen LogP contribution in [0.3, 0.4) is 0 Å². The number of aromatic nitrogens is 2. The molecule has 2 aliphatic heterocycles. The van der Waals surface area contributed by atoms with Crippen LogP contribution in [0.4, 0.5) is 11.6 Å². The zero-order chi connectivity index (χ0) is 25.5. The van der Waals surface area contributed by atoms with Crippen LogP contribution in [0.15, 0.2) is 24.3 Å². The van der Waals surface area contributed by atoms with Gasteiger partial charge in [-0.15, -0.1) is 0 Å². The minimum absolute atomic E-state index is 0.223. The van der Waals surface area contributed by atoms with Gasteiger partial charge in [-0.2, -0.15) is 0 Å². The second kappa shape index (κ2) is 12.7. The van der Waals surface area contributed by atoms with Crippen molar-refractivity contribution in [3.8, 4) is 17.1 Å². The molecule has 0 bridgehead atoms. The van der Waals surface area contributed by atoms with E-state index >= 15 is 0 Å². The smallest absolute Gasteiger partial charge is 0.164 e. The topological polar surface area (TPSA) is 95.0 Å². The van der Waals surface area contributed by atoms with E-state index in [1.165, 1.54) is 0 Å². The van der Waals surface area contributed by atoms with E-state index in [1.54, 1.807) is 0 Å². The summed E-state index contributed by atoms with van der Waals surface area (Å²) in [5, 5.41) is 16.7. The number of benzene rings is 1. The Balaban J connectivity index is 1.61. The Kier molecular flexibility index (Phi) is 9.36. The second-order valence-corrected chi connectivity index (χ2v) is 10.0. The highest BCUT2D eigenvalue weighted by molar-refractivity contribution is 5.67. The number of nitrogens with zero attached hydrogens (tertiary/aromatic N) is 4. The van der Waals surface area contributed by atoms with Gasteiger partial charge < -0.3 is 30.1 Å². The van der Waals surface area contributed by atoms with E-state index in [-0.39, 0.29) is 6.61 Å². The lowest BCUT2D eigenvalue weighted by molar-refractivity contribution is 0.0904. The normalized spacial score (nSPS) is 18.4. The first-order valence-electron chi connectivity index (χ1n) is 13.2. The lowest BCUT2D eigenvalue weighted by Crippen LogP contribution is -2.49. The molecule has 1 atom stereocenters. The third kappa shape index (κ3) is 6.85. The molecule has 2 saturated heterocycles. The predicted molar refractivity (Wildman–Crippen MR) is 144 cm³/mol. The van der Waals surface area contributed by atoms with E-state index in [0.29, 0.717) is 30.2 Å². The van der Waals surface area contributed by atoms with E-state index in [1.807, 2.05) is 31.3 Å². The van der Waals surface area contributed by atoms with Gasteiger partial charge in [0.15, 0.2) is 5.82 Å². The van der Waals surface area contributed by atoms with Gasteiger partial charge in [0, 0.05) is 69.1 Å². The standard InChI is InChI=1S/C27H42N6O3/c1-19(2)32-10-12-33(13-11-32)27-20(3)25(29-22-8-14-35-15-9-22)30-26(31-27)21-6-5-7-24(16-21)36-18-23(34)17-28-4/h5-7,16,19,22-23,28,34H,8-15,17-18H2,1-4H3,(H,29,30,31). The minimum atomic E-state index is -0.569. The van der Waals surface area contributed by atoms with Crippen molar-refractivity contribution in [2.75, 3.05) is 69.8 Å². The summed E-state index contributed by atoms with van der Waals surface area (Å²) in [6, 6.07) is 8.71. The maximum Gasteiger partial charge on any atom is 0.164 e. The largest absolute Gasteiger partial charge is 0.491 e. The Morgan fingerprint density at radius 3 is 2.58 bits per heavy atom. The molecule has 1 aromatic carbocycles. The number of hydrogen-bond acceptors (Lipinski definition) is 9. The zero-order valence-electron chi connectivity index (χ0n) is 22.2. The van der Waals surface area contributed by atoms with Crippen molar-refractivity contribution in [3.63, 3.8) is 0 Å². The van der Waals surface area contributed by atoms with Crippen molar-refractivity contribution in [2.45, 2.75) is 51.8 Å². The minimum Gasteiger partial charge on any atom is -0.491 e. The number of piperazine rings is 1. The third-order valence-electron chi connectivity index (χ3n) is 7.00. The Morgan fingerprint density at radius 1 is 1.14 bits per heavy atom. The van der Waals surface area contributed by atoms with Crippen LogP contribution in [-0.4, -0.2) is 97.8 Å². The van der Waals surface area contributed by atoms with Crippen LogP contribution in [0, 0.1) is 6.92 Å². The molecule has 3 heterocycles. The molecular weight excluding hydrogens is 456 g/mol. The van der Waals surface area contributed by atoms with E-state index in [0.717, 1.165) is 75.0 Å². The third-order valence-corrected chi connectivity index (χ3v) is 7.00. The molecule has 9 heteroatoms. The number of rotatable bonds is 10. The van der Waals surface area contributed by atoms with Crippen molar-refractivity contribution < 1.29 is 14.6 Å². The fourth-order valence-electron chi connectivity index (χ4n) is 4.78. The molecule has 0 amide bonds. The van der Waals surface area contributed by atoms with Gasteiger partial charge in [-0.3, -0.25) is 4.90 Å². The van der Waals surface area contributed by atoms with Crippen LogP contribution in [0.2, 0.25) is 0 Å². The van der Waals surface area contributed by atoms with Gasteiger partial charge in [-0.25, -0.2) is 9.97 Å². The Morgan fingerprint density at radius 2 is 1.89 bits per heavy atom. The number of anilines is 2. The van der Waals surface area contributed by atoms with E-state index in [2.05, 4.69) is 41.2 Å². The van der Waals surface area contributed by atoms with Crippen molar-refractivity contribution in [1.29, 1.82) is 0 Å². The summed E-state index contributed by atoms with van der Waals surface area (Å²) in [7, 11) is 1.81. The molecule has 0 radical (unpaired) electrons. The fourth-order valence-corrected chi connectivity index (χ4v) is 4.78. The molecule has 0 spiro atoms. The molecule has 1 aromatic heterocycles. The predicted octanol–water partition coefficient (Wildman–Crippen LogP) is 2.53. The van der Waals surface area contributed by atoms with Crippen molar-refractivity contribution >= 4 is 11.6 Å². The molecule has 2 aliphatic rings. The maximum atomic E-state index is 10.0. The van der Waals surface area contributed by atoms with Crippen LogP contribution in [0.1, 0.15) is 32.3 Å². The highest BCUT2D eigenvalue weighted by Gasteiger charge is 2.25. The van der Waals surface area contributed by atoms with Gasteiger partial charge in [0.2, 0.25) is 0 Å². The summed E-state index contributed by atoms with van der Waals surface area (Å²) < 4.78 is 11.4. The van der Waals surface area contributed by atoms with Crippen LogP contribution < -0.4 is 20.3 Å². The maximum absolute atomic E-state index is 10.0. The molecule has 3 N–H and O–H groups in total. The van der Waals surface area contributed by atoms with Crippen molar-refractivity contribution in [3.05, 3.63) is 29.8 Å². The summed E-state index contributed by atoms with van der Waals surface area (Å²) in [5.41, 5.74) is 1.98. The quantitative estimate of drug-likeness (QED) is 0.457. The first-order valence-corrected chi connectivity index (χ1v) is 13.2. The number of ether oxygens (including phenoxy) is 2. The average molecular weight is 499 g/mol. The molecule has 0 saturated carbocycles. The second-order valence-electron chi connectivity index (χ2n) is 10.0. The summed E-state index contributed by atoms with van der Waals surface area (Å²) in [5.74, 6) is 3.26. The molecular formula is C27H42N6O3. The van der Waals surface area contributed by atoms with Gasteiger partial charge in [0.1, 0.15) is 30.1 Å². The Bertz CT molecular complexity index is 974. The molecule has 9 nitrogen and oxygen atoms in total.